The molecule has 88 heavy (non-hydrogen) atoms. The van der Waals surface area contributed by atoms with Gasteiger partial charge in [-0.1, -0.05) is 60.1 Å². The fourth-order valence-corrected chi connectivity index (χ4v) is 18.0. The number of carbonyl (C=O) groups excluding carboxylic acids is 1. The van der Waals surface area contributed by atoms with E-state index in [0.29, 0.717) is 44.9 Å². The molecule has 0 aromatic heterocycles. The topological polar surface area (TPSA) is 453 Å². The first kappa shape index (κ1) is 69.0. The zero-order valence-electron chi connectivity index (χ0n) is 51.0. The van der Waals surface area contributed by atoms with Crippen LogP contribution in [0.2, 0.25) is 0 Å². The van der Waals surface area contributed by atoms with Gasteiger partial charge in [0.15, 0.2) is 25.2 Å². The van der Waals surface area contributed by atoms with Gasteiger partial charge in [-0.3, -0.25) is 4.79 Å². The van der Waals surface area contributed by atoms with Crippen LogP contribution >= 0.6 is 0 Å². The van der Waals surface area contributed by atoms with Crippen molar-refractivity contribution in [3.63, 3.8) is 0 Å². The van der Waals surface area contributed by atoms with E-state index < -0.39 is 209 Å². The van der Waals surface area contributed by atoms with Crippen molar-refractivity contribution in [1.29, 1.82) is 0 Å². The lowest BCUT2D eigenvalue weighted by Gasteiger charge is -2.71. The smallest absolute Gasteiger partial charge is 0.315 e. The van der Waals surface area contributed by atoms with Crippen LogP contribution in [0, 0.1) is 50.2 Å². The Kier molecular flexibility index (Phi) is 20.2. The zero-order valence-corrected chi connectivity index (χ0v) is 51.0. The first-order chi connectivity index (χ1) is 41.3. The van der Waals surface area contributed by atoms with Crippen LogP contribution in [-0.4, -0.2) is 285 Å². The lowest BCUT2D eigenvalue weighted by molar-refractivity contribution is -0.405. The predicted molar refractivity (Wildman–Crippen MR) is 295 cm³/mol. The zero-order chi connectivity index (χ0) is 64.3. The Morgan fingerprint density at radius 3 is 1.43 bits per heavy atom. The Morgan fingerprint density at radius 1 is 0.455 bits per heavy atom. The van der Waals surface area contributed by atoms with Crippen molar-refractivity contribution in [3.8, 4) is 0 Å². The number of carbonyl (C=O) groups is 1. The fourth-order valence-electron chi connectivity index (χ4n) is 18.0. The highest BCUT2D eigenvalue weighted by Gasteiger charge is 2.71. The molecule has 0 bridgehead atoms. The molecule has 5 heterocycles. The predicted octanol–water partition coefficient (Wildman–Crippen LogP) is -4.21. The van der Waals surface area contributed by atoms with E-state index in [9.17, 15) is 91.6 Å². The second-order valence-electron chi connectivity index (χ2n) is 29.1. The molecule has 10 aliphatic rings. The Hall–Kier alpha value is -1.83. The third-order valence-corrected chi connectivity index (χ3v) is 23.5. The molecule has 5 aliphatic heterocycles. The molecule has 33 atom stereocenters. The Balaban J connectivity index is 0.928. The Labute approximate surface area is 510 Å². The van der Waals surface area contributed by atoms with Gasteiger partial charge in [-0.05, 0) is 109 Å². The molecule has 28 nitrogen and oxygen atoms in total. The first-order valence-corrected chi connectivity index (χ1v) is 31.3. The number of ether oxygens (including phenoxy) is 10. The summed E-state index contributed by atoms with van der Waals surface area (Å²) in [5.74, 6) is -0.685. The third-order valence-electron chi connectivity index (χ3n) is 23.5. The van der Waals surface area contributed by atoms with Gasteiger partial charge < -0.3 is 134 Å². The van der Waals surface area contributed by atoms with Gasteiger partial charge in [-0.2, -0.15) is 0 Å². The van der Waals surface area contributed by atoms with Crippen LogP contribution in [0.25, 0.3) is 0 Å². The lowest BCUT2D eigenvalue weighted by atomic mass is 9.33. The molecule has 0 radical (unpaired) electrons. The summed E-state index contributed by atoms with van der Waals surface area (Å²) in [7, 11) is 0. The first-order valence-electron chi connectivity index (χ1n) is 31.3. The van der Waals surface area contributed by atoms with Gasteiger partial charge in [0, 0.05) is 0 Å². The number of allylic oxidation sites excluding steroid dienone is 2. The van der Waals surface area contributed by atoms with Crippen molar-refractivity contribution in [1.82, 2.24) is 0 Å². The molecule has 0 spiro atoms. The van der Waals surface area contributed by atoms with E-state index in [0.717, 1.165) is 19.3 Å². The van der Waals surface area contributed by atoms with Crippen molar-refractivity contribution < 1.29 is 139 Å². The summed E-state index contributed by atoms with van der Waals surface area (Å²) in [6.45, 7) is 11.5. The number of hydrogen-bond acceptors (Lipinski definition) is 28. The molecule has 506 valence electrons. The van der Waals surface area contributed by atoms with Gasteiger partial charge in [0.05, 0.1) is 44.6 Å². The number of fused-ring (bicyclic) bond motifs is 7. The maximum Gasteiger partial charge on any atom is 0.315 e. The minimum Gasteiger partial charge on any atom is -0.432 e. The van der Waals surface area contributed by atoms with E-state index in [4.69, 9.17) is 47.4 Å². The van der Waals surface area contributed by atoms with Crippen LogP contribution in [0.15, 0.2) is 11.6 Å². The molecule has 5 aliphatic carbocycles. The fraction of sp³-hybridized carbons (Fsp3) is 0.950. The number of rotatable bonds is 15. The molecule has 9 fully saturated rings. The van der Waals surface area contributed by atoms with E-state index in [2.05, 4.69) is 54.5 Å². The number of esters is 1. The second-order valence-corrected chi connectivity index (χ2v) is 29.1. The largest absolute Gasteiger partial charge is 0.432 e. The Bertz CT molecular complexity index is 2430. The monoisotopic (exact) mass is 1270 g/mol. The number of aliphatic hydroxyl groups excluding tert-OH is 17. The third kappa shape index (κ3) is 11.5. The summed E-state index contributed by atoms with van der Waals surface area (Å²) in [6.07, 6.45) is -36.5. The number of hydrogen-bond donors (Lipinski definition) is 17. The van der Waals surface area contributed by atoms with Gasteiger partial charge in [0.25, 0.3) is 0 Å². The maximum absolute atomic E-state index is 14.9. The maximum atomic E-state index is 14.9. The molecule has 5 saturated heterocycles. The average Bonchev–Trinajstić information content (AvgIpc) is 0.706. The van der Waals surface area contributed by atoms with E-state index in [-0.39, 0.29) is 39.4 Å². The van der Waals surface area contributed by atoms with Gasteiger partial charge in [-0.25, -0.2) is 0 Å². The van der Waals surface area contributed by atoms with E-state index in [1.54, 1.807) is 0 Å². The van der Waals surface area contributed by atoms with Crippen molar-refractivity contribution in [2.45, 2.75) is 272 Å². The molecular formula is C60H98O28. The molecule has 0 aromatic carbocycles. The molecule has 17 N–H and O–H groups in total. The highest BCUT2D eigenvalue weighted by atomic mass is 16.8. The molecule has 10 rings (SSSR count). The second kappa shape index (κ2) is 25.7. The summed E-state index contributed by atoms with van der Waals surface area (Å²) in [4.78, 5) is 14.9. The summed E-state index contributed by atoms with van der Waals surface area (Å²) >= 11 is 0. The van der Waals surface area contributed by atoms with Crippen LogP contribution in [0.3, 0.4) is 0 Å². The van der Waals surface area contributed by atoms with Crippen LogP contribution in [0.4, 0.5) is 0 Å². The molecule has 28 heteroatoms. The quantitative estimate of drug-likeness (QED) is 0.0420. The van der Waals surface area contributed by atoms with Gasteiger partial charge in [-0.15, -0.1) is 0 Å². The van der Waals surface area contributed by atoms with Gasteiger partial charge in [0.1, 0.15) is 122 Å². The van der Waals surface area contributed by atoms with E-state index in [1.165, 1.54) is 5.57 Å². The Morgan fingerprint density at radius 2 is 0.898 bits per heavy atom. The standard InChI is InChI=1S/C60H98O28/c1-55(2)14-16-60(54(78)88-51-44(76)41(73)36(68)28(21-63)81-51)17-15-58(6)24(25(60)18-55)8-9-32-57(5)12-11-33(56(3,4)31(57)10-13-59(32,58)7)84-53-48(87-50-43(75)40(72)35(67)27(20-62)80-50)47(38(70)30(23-65)83-53)86-52-45(77)46(37(69)29(22-64)82-52)85-49-42(74)39(71)34(66)26(19-61)79-49/h8,25-53,61-77H,9-23H2,1-7H3. The van der Waals surface area contributed by atoms with Crippen molar-refractivity contribution in [2.75, 3.05) is 33.0 Å². The highest BCUT2D eigenvalue weighted by Crippen LogP contribution is 2.76. The summed E-state index contributed by atoms with van der Waals surface area (Å²) in [6, 6.07) is 0. The molecular weight excluding hydrogens is 1170 g/mol. The minimum atomic E-state index is -2.12. The van der Waals surface area contributed by atoms with Crippen LogP contribution < -0.4 is 0 Å². The van der Waals surface area contributed by atoms with Crippen LogP contribution in [0.5, 0.6) is 0 Å². The lowest BCUT2D eigenvalue weighted by Crippen LogP contribution is -2.69. The molecule has 0 amide bonds. The normalized spacial score (nSPS) is 53.5. The van der Waals surface area contributed by atoms with Crippen molar-refractivity contribution in [2.24, 2.45) is 50.2 Å². The summed E-state index contributed by atoms with van der Waals surface area (Å²) in [5, 5.41) is 184. The molecule has 4 saturated carbocycles. The summed E-state index contributed by atoms with van der Waals surface area (Å²) in [5.41, 5.74) is -1.61. The highest BCUT2D eigenvalue weighted by molar-refractivity contribution is 5.79. The minimum absolute atomic E-state index is 0.0203. The SMILES string of the molecule is CC1(C)CCC2(C(=O)OC3OC(CO)C(O)C(O)C3O)CCC3(C)C(=CCC4C5(C)CCC(OC6OC(CO)C(O)C(OC7OC(CO)C(O)C(OC8OC(CO)C(O)C(O)C8O)C7O)C6OC6OC(CO)C(O)C(O)C6O)C(C)(C)C5CCC43C)C2C1. The van der Waals surface area contributed by atoms with E-state index in [1.807, 2.05) is 0 Å². The molecule has 33 unspecified atom stereocenters. The van der Waals surface area contributed by atoms with Gasteiger partial charge >= 0.3 is 5.97 Å². The van der Waals surface area contributed by atoms with Crippen molar-refractivity contribution in [3.05, 3.63) is 11.6 Å². The van der Waals surface area contributed by atoms with Gasteiger partial charge in [0.2, 0.25) is 6.29 Å². The van der Waals surface area contributed by atoms with Crippen LogP contribution in [-0.2, 0) is 52.2 Å². The molecule has 0 aromatic rings. The van der Waals surface area contributed by atoms with Crippen molar-refractivity contribution >= 4 is 5.97 Å². The summed E-state index contributed by atoms with van der Waals surface area (Å²) < 4.78 is 60.9. The van der Waals surface area contributed by atoms with Crippen LogP contribution in [0.1, 0.15) is 113 Å². The van der Waals surface area contributed by atoms with E-state index >= 15 is 0 Å². The average molecular weight is 1270 g/mol. The number of aliphatic hydroxyl groups is 17.